The molecule has 5 nitrogen and oxygen atoms in total. The van der Waals surface area contributed by atoms with Gasteiger partial charge in [-0.15, -0.1) is 0 Å². The van der Waals surface area contributed by atoms with Crippen LogP contribution in [0.2, 0.25) is 5.02 Å². The van der Waals surface area contributed by atoms with Crippen LogP contribution < -0.4 is 10.6 Å². The molecule has 3 N–H and O–H groups in total. The number of anilines is 1. The van der Waals surface area contributed by atoms with E-state index in [1.807, 2.05) is 0 Å². The molecule has 1 atom stereocenters. The maximum absolute atomic E-state index is 14.1. The monoisotopic (exact) mass is 550 g/mol. The first-order valence-electron chi connectivity index (χ1n) is 11.7. The molecule has 5 rings (SSSR count). The molecule has 11 heteroatoms. The fraction of sp³-hybridized carbons (Fsp3) is 0.259. The van der Waals surface area contributed by atoms with E-state index in [0.717, 1.165) is 18.6 Å². The molecule has 198 valence electrons. The van der Waals surface area contributed by atoms with Crippen LogP contribution in [0.3, 0.4) is 0 Å². The largest absolute Gasteiger partial charge is 0.416 e. The molecule has 0 radical (unpaired) electrons. The van der Waals surface area contributed by atoms with E-state index >= 15 is 0 Å². The first-order valence-corrected chi connectivity index (χ1v) is 12.0. The van der Waals surface area contributed by atoms with Gasteiger partial charge < -0.3 is 15.7 Å². The summed E-state index contributed by atoms with van der Waals surface area (Å²) in [7, 11) is 0. The van der Waals surface area contributed by atoms with E-state index in [1.54, 1.807) is 6.07 Å². The van der Waals surface area contributed by atoms with Gasteiger partial charge in [-0.1, -0.05) is 11.6 Å². The van der Waals surface area contributed by atoms with Crippen LogP contribution in [0.25, 0.3) is 0 Å². The van der Waals surface area contributed by atoms with Crippen LogP contribution in [0.5, 0.6) is 0 Å². The predicted molar refractivity (Wildman–Crippen MR) is 129 cm³/mol. The van der Waals surface area contributed by atoms with Gasteiger partial charge in [-0.05, 0) is 73.4 Å². The van der Waals surface area contributed by atoms with Gasteiger partial charge in [0.1, 0.15) is 11.6 Å². The lowest BCUT2D eigenvalue weighted by Crippen LogP contribution is -2.39. The van der Waals surface area contributed by atoms with Crippen molar-refractivity contribution in [2.75, 3.05) is 5.32 Å². The van der Waals surface area contributed by atoms with E-state index in [1.165, 1.54) is 12.1 Å². The summed E-state index contributed by atoms with van der Waals surface area (Å²) in [5.41, 5.74) is -1.84. The number of carbonyl (C=O) groups excluding carboxylic acids is 2. The summed E-state index contributed by atoms with van der Waals surface area (Å²) >= 11 is 6.28. The highest BCUT2D eigenvalue weighted by Crippen LogP contribution is 2.42. The fourth-order valence-corrected chi connectivity index (χ4v) is 5.11. The van der Waals surface area contributed by atoms with Crippen LogP contribution in [-0.2, 0) is 12.6 Å². The fourth-order valence-electron chi connectivity index (χ4n) is 4.89. The summed E-state index contributed by atoms with van der Waals surface area (Å²) in [6.07, 6.45) is -2.80. The molecule has 38 heavy (non-hydrogen) atoms. The average Bonchev–Trinajstić information content (AvgIpc) is 3.15. The van der Waals surface area contributed by atoms with Gasteiger partial charge in [-0.3, -0.25) is 9.59 Å². The minimum Gasteiger partial charge on any atom is -0.390 e. The number of halogens is 6. The normalized spacial score (nSPS) is 18.0. The van der Waals surface area contributed by atoms with E-state index in [2.05, 4.69) is 10.6 Å². The second-order valence-corrected chi connectivity index (χ2v) is 10.0. The number of fused-ring (bicyclic) bond motifs is 1. The van der Waals surface area contributed by atoms with Crippen molar-refractivity contribution >= 4 is 29.1 Å². The Balaban J connectivity index is 1.60. The number of hydrogen-bond acceptors (Lipinski definition) is 3. The molecule has 3 aromatic rings. The highest BCUT2D eigenvalue weighted by atomic mass is 35.5. The van der Waals surface area contributed by atoms with Crippen LogP contribution in [-0.4, -0.2) is 22.5 Å². The zero-order valence-electron chi connectivity index (χ0n) is 19.6. The molecular formula is C27H20ClF5N2O3. The molecule has 3 aromatic carbocycles. The van der Waals surface area contributed by atoms with Gasteiger partial charge in [0.15, 0.2) is 0 Å². The summed E-state index contributed by atoms with van der Waals surface area (Å²) in [6.45, 7) is 0. The lowest BCUT2D eigenvalue weighted by atomic mass is 9.75. The molecule has 1 aliphatic heterocycles. The lowest BCUT2D eigenvalue weighted by Gasteiger charge is -2.37. The minimum atomic E-state index is -4.88. The molecule has 1 unspecified atom stereocenters. The van der Waals surface area contributed by atoms with E-state index in [0.29, 0.717) is 30.5 Å². The van der Waals surface area contributed by atoms with Gasteiger partial charge in [-0.2, -0.15) is 13.2 Å². The highest BCUT2D eigenvalue weighted by molar-refractivity contribution is 6.31. The van der Waals surface area contributed by atoms with Crippen molar-refractivity contribution < 1.29 is 36.6 Å². The second kappa shape index (κ2) is 9.36. The van der Waals surface area contributed by atoms with Crippen molar-refractivity contribution in [3.8, 4) is 0 Å². The Kier molecular flexibility index (Phi) is 6.43. The number of amides is 2. The first-order chi connectivity index (χ1) is 17.8. The van der Waals surface area contributed by atoms with Crippen molar-refractivity contribution in [3.63, 3.8) is 0 Å². The van der Waals surface area contributed by atoms with Crippen LogP contribution in [0.4, 0.5) is 27.6 Å². The first kappa shape index (κ1) is 26.1. The van der Waals surface area contributed by atoms with Crippen LogP contribution in [0.15, 0.2) is 48.5 Å². The quantitative estimate of drug-likeness (QED) is 0.332. The predicted octanol–water partition coefficient (Wildman–Crippen LogP) is 6.18. The SMILES string of the molecule is O=C(Nc1cc(CC2(O)CCC2)cc2c1C(c1cc(F)ccc1Cl)NC2=O)c1cc(F)cc(C(F)(F)F)c1. The van der Waals surface area contributed by atoms with Gasteiger partial charge in [0, 0.05) is 39.4 Å². The minimum absolute atomic E-state index is 0.0342. The molecule has 0 saturated heterocycles. The maximum Gasteiger partial charge on any atom is 0.416 e. The van der Waals surface area contributed by atoms with Crippen LogP contribution in [0.1, 0.15) is 68.3 Å². The Morgan fingerprint density at radius 2 is 1.82 bits per heavy atom. The third-order valence-electron chi connectivity index (χ3n) is 6.87. The lowest BCUT2D eigenvalue weighted by molar-refractivity contribution is -0.137. The summed E-state index contributed by atoms with van der Waals surface area (Å²) in [5, 5.41) is 16.0. The third-order valence-corrected chi connectivity index (χ3v) is 7.21. The Morgan fingerprint density at radius 3 is 2.47 bits per heavy atom. The standard InChI is InChI=1S/C27H20ClF5N2O3/c28-20-3-2-16(29)11-18(20)23-22-19(25(37)35-23)6-13(12-26(38)4-1-5-26)7-21(22)34-24(36)14-8-15(27(31,32)33)10-17(30)9-14/h2-3,6-11,23,38H,1,4-5,12H2,(H,34,36)(H,35,37). The number of aliphatic hydroxyl groups is 1. The Bertz CT molecular complexity index is 1470. The molecule has 0 spiro atoms. The van der Waals surface area contributed by atoms with Crippen molar-refractivity contribution in [2.45, 2.75) is 43.5 Å². The number of hydrogen-bond donors (Lipinski definition) is 3. The molecule has 2 amide bonds. The molecule has 1 heterocycles. The van der Waals surface area contributed by atoms with Crippen molar-refractivity contribution in [1.29, 1.82) is 0 Å². The zero-order valence-corrected chi connectivity index (χ0v) is 20.3. The van der Waals surface area contributed by atoms with Gasteiger partial charge in [0.05, 0.1) is 17.2 Å². The van der Waals surface area contributed by atoms with Crippen molar-refractivity contribution in [2.24, 2.45) is 0 Å². The third kappa shape index (κ3) is 4.98. The van der Waals surface area contributed by atoms with Gasteiger partial charge in [0.2, 0.25) is 0 Å². The van der Waals surface area contributed by atoms with Gasteiger partial charge in [-0.25, -0.2) is 8.78 Å². The Hall–Kier alpha value is -3.50. The van der Waals surface area contributed by atoms with E-state index < -0.39 is 52.4 Å². The van der Waals surface area contributed by atoms with Gasteiger partial charge in [0.25, 0.3) is 11.8 Å². The molecule has 0 bridgehead atoms. The summed E-state index contributed by atoms with van der Waals surface area (Å²) in [6, 6.07) is 7.08. The second-order valence-electron chi connectivity index (χ2n) is 9.61. The Labute approximate surface area is 218 Å². The van der Waals surface area contributed by atoms with Crippen LogP contribution in [0, 0.1) is 11.6 Å². The highest BCUT2D eigenvalue weighted by Gasteiger charge is 2.38. The zero-order chi connectivity index (χ0) is 27.4. The number of nitrogens with one attached hydrogen (secondary N) is 2. The number of carbonyl (C=O) groups is 2. The molecule has 1 fully saturated rings. The van der Waals surface area contributed by atoms with E-state index in [4.69, 9.17) is 11.6 Å². The number of alkyl halides is 3. The molecule has 0 aromatic heterocycles. The molecule has 1 aliphatic carbocycles. The molecule has 1 saturated carbocycles. The topological polar surface area (TPSA) is 78.4 Å². The van der Waals surface area contributed by atoms with Crippen molar-refractivity contribution in [1.82, 2.24) is 5.32 Å². The van der Waals surface area contributed by atoms with E-state index in [9.17, 15) is 36.6 Å². The Morgan fingerprint density at radius 1 is 1.08 bits per heavy atom. The van der Waals surface area contributed by atoms with Crippen LogP contribution >= 0.6 is 11.6 Å². The average molecular weight is 551 g/mol. The molecular weight excluding hydrogens is 531 g/mol. The summed E-state index contributed by atoms with van der Waals surface area (Å²) < 4.78 is 67.7. The number of rotatable bonds is 5. The van der Waals surface area contributed by atoms with Crippen molar-refractivity contribution in [3.05, 3.63) is 98.6 Å². The molecule has 2 aliphatic rings. The smallest absolute Gasteiger partial charge is 0.390 e. The van der Waals surface area contributed by atoms with E-state index in [-0.39, 0.29) is 39.9 Å². The summed E-state index contributed by atoms with van der Waals surface area (Å²) in [5.74, 6) is -3.48. The van der Waals surface area contributed by atoms with Gasteiger partial charge >= 0.3 is 6.18 Å². The maximum atomic E-state index is 14.1. The number of benzene rings is 3. The summed E-state index contributed by atoms with van der Waals surface area (Å²) in [4.78, 5) is 26.0.